The van der Waals surface area contributed by atoms with Crippen LogP contribution in [-0.2, 0) is 0 Å². The van der Waals surface area contributed by atoms with Crippen LogP contribution in [0, 0.1) is 13.8 Å². The van der Waals surface area contributed by atoms with Gasteiger partial charge in [0.25, 0.3) is 5.91 Å². The number of nitrogens with one attached hydrogen (secondary N) is 1. The zero-order valence-electron chi connectivity index (χ0n) is 12.0. The second kappa shape index (κ2) is 5.69. The fourth-order valence-corrected chi connectivity index (χ4v) is 2.20. The molecule has 0 aliphatic carbocycles. The number of halogens is 1. The Bertz CT molecular complexity index is 818. The van der Waals surface area contributed by atoms with Gasteiger partial charge in [0.05, 0.1) is 5.56 Å². The van der Waals surface area contributed by atoms with Crippen molar-refractivity contribution in [2.75, 3.05) is 5.32 Å². The van der Waals surface area contributed by atoms with Crippen molar-refractivity contribution in [3.63, 3.8) is 0 Å². The lowest BCUT2D eigenvalue weighted by atomic mass is 10.1. The highest BCUT2D eigenvalue weighted by molar-refractivity contribution is 6.30. The van der Waals surface area contributed by atoms with E-state index >= 15 is 0 Å². The van der Waals surface area contributed by atoms with Crippen LogP contribution in [0.1, 0.15) is 21.9 Å². The summed E-state index contributed by atoms with van der Waals surface area (Å²) in [7, 11) is 0. The van der Waals surface area contributed by atoms with E-state index in [9.17, 15) is 4.79 Å². The standard InChI is InChI=1S/C16H13ClN2O3/c1-9-7-15(19-22-9)18-16(20)13-8-14(21-10(13)2)11-3-5-12(17)6-4-11/h3-8H,1-2H3,(H,18,19,20). The van der Waals surface area contributed by atoms with Crippen molar-refractivity contribution in [3.8, 4) is 11.3 Å². The number of carbonyl (C=O) groups excluding carboxylic acids is 1. The lowest BCUT2D eigenvalue weighted by molar-refractivity contribution is 0.102. The first kappa shape index (κ1) is 14.4. The Hall–Kier alpha value is -2.53. The summed E-state index contributed by atoms with van der Waals surface area (Å²) < 4.78 is 10.6. The minimum atomic E-state index is -0.297. The molecule has 1 amide bonds. The molecule has 3 rings (SSSR count). The quantitative estimate of drug-likeness (QED) is 0.774. The molecular formula is C16H13ClN2O3. The molecule has 112 valence electrons. The van der Waals surface area contributed by atoms with Crippen LogP contribution in [0.25, 0.3) is 11.3 Å². The van der Waals surface area contributed by atoms with Crippen LogP contribution in [0.2, 0.25) is 5.02 Å². The summed E-state index contributed by atoms with van der Waals surface area (Å²) in [6, 6.07) is 10.6. The molecule has 0 aliphatic rings. The molecule has 0 fully saturated rings. The third kappa shape index (κ3) is 2.89. The maximum atomic E-state index is 12.3. The number of benzene rings is 1. The SMILES string of the molecule is Cc1cc(NC(=O)c2cc(-c3ccc(Cl)cc3)oc2C)no1. The highest BCUT2D eigenvalue weighted by atomic mass is 35.5. The van der Waals surface area contributed by atoms with Gasteiger partial charge in [0.1, 0.15) is 17.3 Å². The Labute approximate surface area is 131 Å². The van der Waals surface area contributed by atoms with Crippen molar-refractivity contribution < 1.29 is 13.7 Å². The van der Waals surface area contributed by atoms with Crippen molar-refractivity contribution in [3.05, 3.63) is 58.5 Å². The van der Waals surface area contributed by atoms with Gasteiger partial charge in [0, 0.05) is 16.7 Å². The van der Waals surface area contributed by atoms with Gasteiger partial charge in [-0.3, -0.25) is 4.79 Å². The van der Waals surface area contributed by atoms with Gasteiger partial charge < -0.3 is 14.3 Å². The van der Waals surface area contributed by atoms with Crippen molar-refractivity contribution in [1.29, 1.82) is 0 Å². The molecule has 6 heteroatoms. The van der Waals surface area contributed by atoms with Gasteiger partial charge in [-0.05, 0) is 44.2 Å². The number of rotatable bonds is 3. The Morgan fingerprint density at radius 1 is 1.18 bits per heavy atom. The first-order chi connectivity index (χ1) is 10.5. The average molecular weight is 317 g/mol. The summed E-state index contributed by atoms with van der Waals surface area (Å²) in [5.74, 6) is 1.84. The van der Waals surface area contributed by atoms with Gasteiger partial charge in [-0.15, -0.1) is 0 Å². The van der Waals surface area contributed by atoms with Crippen molar-refractivity contribution in [2.45, 2.75) is 13.8 Å². The Kier molecular flexibility index (Phi) is 3.73. The number of anilines is 1. The molecule has 2 heterocycles. The summed E-state index contributed by atoms with van der Waals surface area (Å²) >= 11 is 5.87. The molecule has 0 radical (unpaired) electrons. The van der Waals surface area contributed by atoms with E-state index in [2.05, 4.69) is 10.5 Å². The van der Waals surface area contributed by atoms with Crippen LogP contribution in [0.4, 0.5) is 5.82 Å². The lowest BCUT2D eigenvalue weighted by Crippen LogP contribution is -2.12. The number of aryl methyl sites for hydroxylation is 2. The maximum absolute atomic E-state index is 12.3. The fourth-order valence-electron chi connectivity index (χ4n) is 2.07. The molecule has 5 nitrogen and oxygen atoms in total. The topological polar surface area (TPSA) is 68.3 Å². The van der Waals surface area contributed by atoms with Crippen LogP contribution >= 0.6 is 11.6 Å². The summed E-state index contributed by atoms with van der Waals surface area (Å²) in [6.07, 6.45) is 0. The van der Waals surface area contributed by atoms with E-state index in [1.807, 2.05) is 12.1 Å². The van der Waals surface area contributed by atoms with Gasteiger partial charge in [0.15, 0.2) is 5.82 Å². The molecule has 2 aromatic heterocycles. The third-order valence-corrected chi connectivity index (χ3v) is 3.41. The van der Waals surface area contributed by atoms with Gasteiger partial charge in [-0.1, -0.05) is 16.8 Å². The van der Waals surface area contributed by atoms with Crippen LogP contribution in [0.3, 0.4) is 0 Å². The zero-order chi connectivity index (χ0) is 15.7. The molecule has 22 heavy (non-hydrogen) atoms. The van der Waals surface area contributed by atoms with Gasteiger partial charge >= 0.3 is 0 Å². The minimum absolute atomic E-state index is 0.297. The first-order valence-corrected chi connectivity index (χ1v) is 7.02. The molecule has 0 saturated heterocycles. The van der Waals surface area contributed by atoms with Crippen LogP contribution in [0.5, 0.6) is 0 Å². The first-order valence-electron chi connectivity index (χ1n) is 6.64. The van der Waals surface area contributed by atoms with E-state index in [-0.39, 0.29) is 5.91 Å². The number of nitrogens with zero attached hydrogens (tertiary/aromatic N) is 1. The maximum Gasteiger partial charge on any atom is 0.260 e. The smallest absolute Gasteiger partial charge is 0.260 e. The van der Waals surface area contributed by atoms with Crippen LogP contribution in [0.15, 0.2) is 45.3 Å². The highest BCUT2D eigenvalue weighted by Gasteiger charge is 2.17. The van der Waals surface area contributed by atoms with E-state index in [0.717, 1.165) is 5.56 Å². The molecule has 3 aromatic rings. The zero-order valence-corrected chi connectivity index (χ0v) is 12.8. The molecule has 1 aromatic carbocycles. The second-order valence-electron chi connectivity index (χ2n) is 4.86. The molecule has 0 spiro atoms. The van der Waals surface area contributed by atoms with Crippen LogP contribution in [-0.4, -0.2) is 11.1 Å². The number of aromatic nitrogens is 1. The van der Waals surface area contributed by atoms with Crippen LogP contribution < -0.4 is 5.32 Å². The normalized spacial score (nSPS) is 10.7. The van der Waals surface area contributed by atoms with E-state index < -0.39 is 0 Å². The van der Waals surface area contributed by atoms with Crippen molar-refractivity contribution in [2.24, 2.45) is 0 Å². The van der Waals surface area contributed by atoms with E-state index in [4.69, 9.17) is 20.5 Å². The molecule has 0 unspecified atom stereocenters. The molecule has 0 atom stereocenters. The number of amides is 1. The Morgan fingerprint density at radius 2 is 1.91 bits per heavy atom. The largest absolute Gasteiger partial charge is 0.461 e. The summed E-state index contributed by atoms with van der Waals surface area (Å²) in [5, 5.41) is 7.05. The predicted molar refractivity (Wildman–Crippen MR) is 83.1 cm³/mol. The van der Waals surface area contributed by atoms with E-state index in [1.165, 1.54) is 0 Å². The fraction of sp³-hybridized carbons (Fsp3) is 0.125. The number of hydrogen-bond acceptors (Lipinski definition) is 4. The minimum Gasteiger partial charge on any atom is -0.461 e. The highest BCUT2D eigenvalue weighted by Crippen LogP contribution is 2.27. The van der Waals surface area contributed by atoms with Gasteiger partial charge in [-0.25, -0.2) is 0 Å². The van der Waals surface area contributed by atoms with E-state index in [1.54, 1.807) is 38.1 Å². The van der Waals surface area contributed by atoms with Gasteiger partial charge in [0.2, 0.25) is 0 Å². The lowest BCUT2D eigenvalue weighted by Gasteiger charge is -1.98. The predicted octanol–water partition coefficient (Wildman–Crippen LogP) is 4.46. The number of hydrogen-bond donors (Lipinski definition) is 1. The second-order valence-corrected chi connectivity index (χ2v) is 5.30. The monoisotopic (exact) mass is 316 g/mol. The Balaban J connectivity index is 1.85. The summed E-state index contributed by atoms with van der Waals surface area (Å²) in [5.41, 5.74) is 1.30. The van der Waals surface area contributed by atoms with Crippen molar-refractivity contribution >= 4 is 23.3 Å². The van der Waals surface area contributed by atoms with E-state index in [0.29, 0.717) is 33.7 Å². The molecule has 0 bridgehead atoms. The number of carbonyl (C=O) groups is 1. The average Bonchev–Trinajstić information content (AvgIpc) is 3.06. The summed E-state index contributed by atoms with van der Waals surface area (Å²) in [6.45, 7) is 3.49. The number of furan rings is 1. The molecule has 0 saturated carbocycles. The molecule has 1 N–H and O–H groups in total. The molecular weight excluding hydrogens is 304 g/mol. The van der Waals surface area contributed by atoms with Crippen molar-refractivity contribution in [1.82, 2.24) is 5.16 Å². The third-order valence-electron chi connectivity index (χ3n) is 3.16. The summed E-state index contributed by atoms with van der Waals surface area (Å²) in [4.78, 5) is 12.3. The van der Waals surface area contributed by atoms with Gasteiger partial charge in [-0.2, -0.15) is 0 Å². The Morgan fingerprint density at radius 3 is 2.55 bits per heavy atom. The molecule has 0 aliphatic heterocycles.